The zero-order valence-electron chi connectivity index (χ0n) is 14.2. The minimum Gasteiger partial charge on any atom is -0.497 e. The van der Waals surface area contributed by atoms with E-state index in [4.69, 9.17) is 4.74 Å². The lowest BCUT2D eigenvalue weighted by atomic mass is 10.0. The molecule has 0 N–H and O–H groups in total. The van der Waals surface area contributed by atoms with Gasteiger partial charge in [-0.25, -0.2) is 8.78 Å². The molecule has 6 heteroatoms. The van der Waals surface area contributed by atoms with Crippen molar-refractivity contribution in [3.63, 3.8) is 0 Å². The summed E-state index contributed by atoms with van der Waals surface area (Å²) in [4.78, 5) is 16.5. The molecule has 4 nitrogen and oxygen atoms in total. The second-order valence-electron chi connectivity index (χ2n) is 6.15. The highest BCUT2D eigenvalue weighted by atomic mass is 19.2. The van der Waals surface area contributed by atoms with Crippen molar-refractivity contribution >= 4 is 5.91 Å². The number of hydrogen-bond donors (Lipinski definition) is 0. The van der Waals surface area contributed by atoms with Crippen LogP contribution in [0.15, 0.2) is 42.5 Å². The quantitative estimate of drug-likeness (QED) is 0.856. The third-order valence-electron chi connectivity index (χ3n) is 4.58. The van der Waals surface area contributed by atoms with Gasteiger partial charge >= 0.3 is 0 Å². The molecule has 25 heavy (non-hydrogen) atoms. The van der Waals surface area contributed by atoms with Crippen LogP contribution < -0.4 is 4.74 Å². The average Bonchev–Trinajstić information content (AvgIpc) is 2.64. The van der Waals surface area contributed by atoms with Gasteiger partial charge in [0.05, 0.1) is 13.2 Å². The van der Waals surface area contributed by atoms with Crippen LogP contribution in [-0.4, -0.2) is 49.5 Å². The predicted octanol–water partition coefficient (Wildman–Crippen LogP) is 3.10. The summed E-state index contributed by atoms with van der Waals surface area (Å²) in [6, 6.07) is 11.0. The van der Waals surface area contributed by atoms with Crippen molar-refractivity contribution < 1.29 is 18.3 Å². The van der Waals surface area contributed by atoms with Crippen molar-refractivity contribution in [3.8, 4) is 5.75 Å². The third-order valence-corrected chi connectivity index (χ3v) is 4.58. The minimum atomic E-state index is -1.01. The van der Waals surface area contributed by atoms with Gasteiger partial charge in [-0.2, -0.15) is 0 Å². The molecule has 3 rings (SSSR count). The van der Waals surface area contributed by atoms with Gasteiger partial charge in [0.15, 0.2) is 11.6 Å². The van der Waals surface area contributed by atoms with Gasteiger partial charge in [-0.1, -0.05) is 12.1 Å². The minimum absolute atomic E-state index is 0.0121. The van der Waals surface area contributed by atoms with Crippen molar-refractivity contribution in [2.45, 2.75) is 6.04 Å². The lowest BCUT2D eigenvalue weighted by Gasteiger charge is -2.39. The van der Waals surface area contributed by atoms with Gasteiger partial charge in [0.25, 0.3) is 5.91 Å². The lowest BCUT2D eigenvalue weighted by Crippen LogP contribution is -2.49. The summed E-state index contributed by atoms with van der Waals surface area (Å²) in [7, 11) is 3.62. The second kappa shape index (κ2) is 7.19. The third kappa shape index (κ3) is 3.64. The summed E-state index contributed by atoms with van der Waals surface area (Å²) < 4.78 is 31.8. The zero-order valence-corrected chi connectivity index (χ0v) is 14.2. The molecule has 1 fully saturated rings. The van der Waals surface area contributed by atoms with Gasteiger partial charge in [-0.3, -0.25) is 9.69 Å². The number of methoxy groups -OCH3 is 1. The van der Waals surface area contributed by atoms with Gasteiger partial charge < -0.3 is 9.64 Å². The molecular formula is C19H20F2N2O2. The molecule has 1 saturated heterocycles. The Morgan fingerprint density at radius 3 is 2.64 bits per heavy atom. The Balaban J connectivity index is 1.81. The monoisotopic (exact) mass is 346 g/mol. The highest BCUT2D eigenvalue weighted by Crippen LogP contribution is 2.27. The Morgan fingerprint density at radius 2 is 1.92 bits per heavy atom. The molecular weight excluding hydrogens is 326 g/mol. The molecule has 0 aromatic heterocycles. The maximum Gasteiger partial charge on any atom is 0.254 e. The van der Waals surface area contributed by atoms with Crippen LogP contribution in [0, 0.1) is 11.6 Å². The number of hydrogen-bond acceptors (Lipinski definition) is 3. The number of likely N-dealkylation sites (N-methyl/N-ethyl adjacent to an activating group) is 1. The fourth-order valence-corrected chi connectivity index (χ4v) is 3.08. The Bertz CT molecular complexity index is 782. The molecule has 0 radical (unpaired) electrons. The van der Waals surface area contributed by atoms with Crippen molar-refractivity contribution in [2.75, 3.05) is 33.8 Å². The second-order valence-corrected chi connectivity index (χ2v) is 6.15. The maximum atomic E-state index is 13.4. The van der Waals surface area contributed by atoms with Gasteiger partial charge in [0.2, 0.25) is 0 Å². The lowest BCUT2D eigenvalue weighted by molar-refractivity contribution is 0.0545. The Kier molecular flexibility index (Phi) is 4.99. The van der Waals surface area contributed by atoms with E-state index >= 15 is 0 Å². The Morgan fingerprint density at radius 1 is 1.12 bits per heavy atom. The Hall–Kier alpha value is -2.47. The molecule has 1 amide bonds. The smallest absolute Gasteiger partial charge is 0.254 e. The fraction of sp³-hybridized carbons (Fsp3) is 0.316. The number of nitrogens with zero attached hydrogens (tertiary/aromatic N) is 2. The Labute approximate surface area is 145 Å². The normalized spacial score (nSPS) is 18.2. The number of piperazine rings is 1. The molecule has 0 spiro atoms. The zero-order chi connectivity index (χ0) is 18.0. The molecule has 1 atom stereocenters. The van der Waals surface area contributed by atoms with E-state index in [1.54, 1.807) is 12.0 Å². The van der Waals surface area contributed by atoms with Gasteiger partial charge in [-0.15, -0.1) is 0 Å². The van der Waals surface area contributed by atoms with E-state index in [1.165, 1.54) is 6.07 Å². The predicted molar refractivity (Wildman–Crippen MR) is 90.6 cm³/mol. The number of benzene rings is 2. The standard InChI is InChI=1S/C19H20F2N2O2/c1-22-8-9-23(19(24)14-6-7-16(20)17(21)11-14)12-18(22)13-4-3-5-15(10-13)25-2/h3-7,10-11,18H,8-9,12H2,1-2H3. The van der Waals surface area contributed by atoms with Crippen molar-refractivity contribution in [1.82, 2.24) is 9.80 Å². The molecule has 132 valence electrons. The molecule has 0 bridgehead atoms. The van der Waals surface area contributed by atoms with E-state index < -0.39 is 11.6 Å². The number of halogens is 2. The topological polar surface area (TPSA) is 32.8 Å². The van der Waals surface area contributed by atoms with Crippen molar-refractivity contribution in [3.05, 3.63) is 65.2 Å². The molecule has 1 aliphatic heterocycles. The van der Waals surface area contributed by atoms with E-state index in [9.17, 15) is 13.6 Å². The van der Waals surface area contributed by atoms with Gasteiger partial charge in [0, 0.05) is 25.2 Å². The van der Waals surface area contributed by atoms with Crippen LogP contribution in [0.25, 0.3) is 0 Å². The highest BCUT2D eigenvalue weighted by molar-refractivity contribution is 5.94. The number of carbonyl (C=O) groups excluding carboxylic acids is 1. The SMILES string of the molecule is COc1cccc(C2CN(C(=O)c3ccc(F)c(F)c3)CCN2C)c1. The van der Waals surface area contributed by atoms with E-state index in [1.807, 2.05) is 31.3 Å². The maximum absolute atomic E-state index is 13.4. The van der Waals surface area contributed by atoms with Crippen LogP contribution in [0.5, 0.6) is 5.75 Å². The summed E-state index contributed by atoms with van der Waals surface area (Å²) in [5, 5.41) is 0. The molecule has 0 aliphatic carbocycles. The molecule has 1 aliphatic rings. The number of amides is 1. The first-order chi connectivity index (χ1) is 12.0. The van der Waals surface area contributed by atoms with Crippen LogP contribution in [0.2, 0.25) is 0 Å². The summed E-state index contributed by atoms with van der Waals surface area (Å²) in [6.07, 6.45) is 0. The number of carbonyl (C=O) groups is 1. The fourth-order valence-electron chi connectivity index (χ4n) is 3.08. The van der Waals surface area contributed by atoms with Crippen LogP contribution in [0.1, 0.15) is 22.0 Å². The van der Waals surface area contributed by atoms with Gasteiger partial charge in [0.1, 0.15) is 5.75 Å². The van der Waals surface area contributed by atoms with Crippen LogP contribution in [-0.2, 0) is 0 Å². The highest BCUT2D eigenvalue weighted by Gasteiger charge is 2.29. The first-order valence-electron chi connectivity index (χ1n) is 8.08. The van der Waals surface area contributed by atoms with Gasteiger partial charge in [-0.05, 0) is 42.9 Å². The van der Waals surface area contributed by atoms with Crippen molar-refractivity contribution in [2.24, 2.45) is 0 Å². The summed E-state index contributed by atoms with van der Waals surface area (Å²) in [5.74, 6) is -1.50. The number of rotatable bonds is 3. The molecule has 1 unspecified atom stereocenters. The first-order valence-corrected chi connectivity index (χ1v) is 8.08. The summed E-state index contributed by atoms with van der Waals surface area (Å²) in [5.41, 5.74) is 1.21. The largest absolute Gasteiger partial charge is 0.497 e. The van der Waals surface area contributed by atoms with E-state index in [0.717, 1.165) is 23.4 Å². The first kappa shape index (κ1) is 17.4. The van der Waals surface area contributed by atoms with E-state index in [0.29, 0.717) is 19.6 Å². The molecule has 0 saturated carbocycles. The van der Waals surface area contributed by atoms with Crippen LogP contribution in [0.3, 0.4) is 0 Å². The van der Waals surface area contributed by atoms with E-state index in [2.05, 4.69) is 4.90 Å². The molecule has 1 heterocycles. The van der Waals surface area contributed by atoms with Crippen molar-refractivity contribution in [1.29, 1.82) is 0 Å². The summed E-state index contributed by atoms with van der Waals surface area (Å²) >= 11 is 0. The molecule has 2 aromatic rings. The molecule has 2 aromatic carbocycles. The van der Waals surface area contributed by atoms with E-state index in [-0.39, 0.29) is 17.5 Å². The summed E-state index contributed by atoms with van der Waals surface area (Å²) in [6.45, 7) is 1.70. The average molecular weight is 346 g/mol. The van der Waals surface area contributed by atoms with Crippen LogP contribution >= 0.6 is 0 Å². The number of ether oxygens (including phenoxy) is 1. The van der Waals surface area contributed by atoms with Crippen LogP contribution in [0.4, 0.5) is 8.78 Å².